The Kier molecular flexibility index (Phi) is 3.31. The van der Waals surface area contributed by atoms with Crippen LogP contribution in [0.1, 0.15) is 30.9 Å². The van der Waals surface area contributed by atoms with E-state index in [-0.39, 0.29) is 5.41 Å². The molecule has 100 valence electrons. The molecule has 20 heavy (non-hydrogen) atoms. The lowest BCUT2D eigenvalue weighted by Crippen LogP contribution is -2.31. The molecule has 0 bridgehead atoms. The summed E-state index contributed by atoms with van der Waals surface area (Å²) in [4.78, 5) is 0. The van der Waals surface area contributed by atoms with Gasteiger partial charge >= 0.3 is 0 Å². The van der Waals surface area contributed by atoms with Crippen LogP contribution in [-0.4, -0.2) is 0 Å². The van der Waals surface area contributed by atoms with E-state index in [9.17, 15) is 0 Å². The van der Waals surface area contributed by atoms with Gasteiger partial charge in [0.15, 0.2) is 0 Å². The molecule has 0 heterocycles. The van der Waals surface area contributed by atoms with Crippen molar-refractivity contribution in [1.82, 2.24) is 0 Å². The Bertz CT molecular complexity index is 593. The third-order valence-corrected chi connectivity index (χ3v) is 4.39. The third-order valence-electron chi connectivity index (χ3n) is 4.39. The van der Waals surface area contributed by atoms with Crippen molar-refractivity contribution in [2.45, 2.75) is 25.2 Å². The van der Waals surface area contributed by atoms with Crippen LogP contribution in [0.2, 0.25) is 0 Å². The van der Waals surface area contributed by atoms with Crippen molar-refractivity contribution in [3.05, 3.63) is 95.6 Å². The molecule has 0 aliphatic heterocycles. The minimum atomic E-state index is -0.0674. The average molecular weight is 260 g/mol. The zero-order valence-electron chi connectivity index (χ0n) is 12.0. The average Bonchev–Trinajstić information content (AvgIpc) is 2.50. The third kappa shape index (κ3) is 2.02. The number of benzene rings is 2. The molecule has 1 aliphatic rings. The second kappa shape index (κ2) is 5.13. The maximum Gasteiger partial charge on any atom is 0.0446 e. The van der Waals surface area contributed by atoms with E-state index in [0.29, 0.717) is 0 Å². The van der Waals surface area contributed by atoms with Crippen molar-refractivity contribution in [3.8, 4) is 0 Å². The number of hydrogen-bond acceptors (Lipinski definition) is 0. The fourth-order valence-electron chi connectivity index (χ4n) is 3.29. The van der Waals surface area contributed by atoms with E-state index in [0.717, 1.165) is 12.8 Å². The molecule has 2 aromatic carbocycles. The van der Waals surface area contributed by atoms with Crippen molar-refractivity contribution < 1.29 is 0 Å². The zero-order chi connectivity index (χ0) is 14.0. The fourth-order valence-corrected chi connectivity index (χ4v) is 3.29. The normalized spacial score (nSPS) is 17.6. The first-order chi connectivity index (χ1) is 9.73. The first-order valence-corrected chi connectivity index (χ1v) is 7.18. The molecule has 0 nitrogen and oxygen atoms in total. The van der Waals surface area contributed by atoms with Crippen LogP contribution < -0.4 is 0 Å². The minimum Gasteiger partial charge on any atom is -0.0983 e. The molecule has 0 radical (unpaired) electrons. The highest BCUT2D eigenvalue weighted by atomic mass is 14.4. The quantitative estimate of drug-likeness (QED) is 0.645. The van der Waals surface area contributed by atoms with Gasteiger partial charge in [0.25, 0.3) is 0 Å². The van der Waals surface area contributed by atoms with Gasteiger partial charge < -0.3 is 0 Å². The van der Waals surface area contributed by atoms with Gasteiger partial charge in [-0.2, -0.15) is 0 Å². The highest BCUT2D eigenvalue weighted by molar-refractivity contribution is 5.51. The first kappa shape index (κ1) is 12.9. The predicted octanol–water partition coefficient (Wildman–Crippen LogP) is 5.27. The highest BCUT2D eigenvalue weighted by Gasteiger charge is 2.37. The topological polar surface area (TPSA) is 0 Å². The molecule has 0 atom stereocenters. The molecule has 2 aromatic rings. The van der Waals surface area contributed by atoms with Gasteiger partial charge in [-0.15, -0.1) is 0 Å². The lowest BCUT2D eigenvalue weighted by atomic mass is 9.63. The van der Waals surface area contributed by atoms with E-state index in [2.05, 4.69) is 80.2 Å². The van der Waals surface area contributed by atoms with Crippen molar-refractivity contribution in [3.63, 3.8) is 0 Å². The molecule has 0 unspecified atom stereocenters. The van der Waals surface area contributed by atoms with Crippen molar-refractivity contribution >= 4 is 0 Å². The van der Waals surface area contributed by atoms with Gasteiger partial charge in [0.2, 0.25) is 0 Å². The summed E-state index contributed by atoms with van der Waals surface area (Å²) in [6.45, 7) is 6.63. The summed E-state index contributed by atoms with van der Waals surface area (Å²) in [6.07, 6.45) is 4.37. The van der Waals surface area contributed by atoms with Crippen LogP contribution >= 0.6 is 0 Å². The first-order valence-electron chi connectivity index (χ1n) is 7.18. The van der Waals surface area contributed by atoms with Gasteiger partial charge in [-0.25, -0.2) is 0 Å². The summed E-state index contributed by atoms with van der Waals surface area (Å²) >= 11 is 0. The summed E-state index contributed by atoms with van der Waals surface area (Å²) in [5, 5.41) is 0. The molecule has 0 aromatic heterocycles. The standard InChI is InChI=1S/C20H20/c1-16-13-14-20(17(2)15-16,18-9-5-3-6-10-18)19-11-7-4-8-12-19/h3-13H,2,14-15H2,1H3. The summed E-state index contributed by atoms with van der Waals surface area (Å²) in [5.41, 5.74) is 5.36. The van der Waals surface area contributed by atoms with Gasteiger partial charge in [0, 0.05) is 5.41 Å². The van der Waals surface area contributed by atoms with E-state index >= 15 is 0 Å². The Morgan fingerprint density at radius 3 is 1.80 bits per heavy atom. The number of allylic oxidation sites excluding steroid dienone is 3. The fraction of sp³-hybridized carbons (Fsp3) is 0.200. The van der Waals surface area contributed by atoms with Crippen molar-refractivity contribution in [2.75, 3.05) is 0 Å². The monoisotopic (exact) mass is 260 g/mol. The molecule has 0 saturated heterocycles. The molecule has 3 rings (SSSR count). The molecule has 0 spiro atoms. The van der Waals surface area contributed by atoms with Crippen LogP contribution in [0, 0.1) is 0 Å². The van der Waals surface area contributed by atoms with Crippen LogP contribution in [0.5, 0.6) is 0 Å². The molecular formula is C20H20. The molecular weight excluding hydrogens is 240 g/mol. The Labute approximate surface area is 121 Å². The number of hydrogen-bond donors (Lipinski definition) is 0. The van der Waals surface area contributed by atoms with Gasteiger partial charge in [-0.05, 0) is 30.9 Å². The van der Waals surface area contributed by atoms with Crippen LogP contribution in [0.4, 0.5) is 0 Å². The van der Waals surface area contributed by atoms with E-state index in [1.165, 1.54) is 22.3 Å². The molecule has 0 saturated carbocycles. The van der Waals surface area contributed by atoms with E-state index in [1.54, 1.807) is 0 Å². The molecule has 0 N–H and O–H groups in total. The van der Waals surface area contributed by atoms with Gasteiger partial charge in [-0.1, -0.05) is 84.5 Å². The van der Waals surface area contributed by atoms with E-state index in [4.69, 9.17) is 0 Å². The molecule has 1 aliphatic carbocycles. The van der Waals surface area contributed by atoms with Crippen molar-refractivity contribution in [2.24, 2.45) is 0 Å². The maximum atomic E-state index is 4.43. The Balaban J connectivity index is 2.22. The van der Waals surface area contributed by atoms with E-state index in [1.807, 2.05) is 0 Å². The lowest BCUT2D eigenvalue weighted by Gasteiger charge is -2.39. The number of rotatable bonds is 2. The largest absolute Gasteiger partial charge is 0.0983 e. The summed E-state index contributed by atoms with van der Waals surface area (Å²) < 4.78 is 0. The molecule has 0 fully saturated rings. The SMILES string of the molecule is C=C1CC(C)=CCC1(c1ccccc1)c1ccccc1. The second-order valence-electron chi connectivity index (χ2n) is 5.67. The maximum absolute atomic E-state index is 4.43. The van der Waals surface area contributed by atoms with Gasteiger partial charge in [0.1, 0.15) is 0 Å². The smallest absolute Gasteiger partial charge is 0.0446 e. The van der Waals surface area contributed by atoms with E-state index < -0.39 is 0 Å². The lowest BCUT2D eigenvalue weighted by molar-refractivity contribution is 0.576. The second-order valence-corrected chi connectivity index (χ2v) is 5.67. The minimum absolute atomic E-state index is 0.0674. The summed E-state index contributed by atoms with van der Waals surface area (Å²) in [7, 11) is 0. The van der Waals surface area contributed by atoms with Crippen LogP contribution in [0.25, 0.3) is 0 Å². The Morgan fingerprint density at radius 1 is 0.850 bits per heavy atom. The highest BCUT2D eigenvalue weighted by Crippen LogP contribution is 2.46. The van der Waals surface area contributed by atoms with Crippen molar-refractivity contribution in [1.29, 1.82) is 0 Å². The predicted molar refractivity (Wildman–Crippen MR) is 85.8 cm³/mol. The Hall–Kier alpha value is -2.08. The van der Waals surface area contributed by atoms with Gasteiger partial charge in [-0.3, -0.25) is 0 Å². The zero-order valence-corrected chi connectivity index (χ0v) is 12.0. The van der Waals surface area contributed by atoms with Crippen LogP contribution in [0.3, 0.4) is 0 Å². The summed E-state index contributed by atoms with van der Waals surface area (Å²) in [6, 6.07) is 21.6. The van der Waals surface area contributed by atoms with Gasteiger partial charge in [0.05, 0.1) is 0 Å². The van der Waals surface area contributed by atoms with Crippen LogP contribution in [0.15, 0.2) is 84.5 Å². The molecule has 0 heteroatoms. The Morgan fingerprint density at radius 2 is 1.35 bits per heavy atom. The van der Waals surface area contributed by atoms with Crippen LogP contribution in [-0.2, 0) is 5.41 Å². The summed E-state index contributed by atoms with van der Waals surface area (Å²) in [5.74, 6) is 0. The molecule has 0 amide bonds.